The summed E-state index contributed by atoms with van der Waals surface area (Å²) in [6, 6.07) is 11.2. The molecule has 0 unspecified atom stereocenters. The van der Waals surface area contributed by atoms with Gasteiger partial charge in [-0.15, -0.1) is 0 Å². The van der Waals surface area contributed by atoms with Crippen LogP contribution in [-0.2, 0) is 20.7 Å². The Morgan fingerprint density at radius 2 is 1.76 bits per heavy atom. The van der Waals surface area contributed by atoms with Gasteiger partial charge in [-0.3, -0.25) is 14.6 Å². The zero-order valence-electron chi connectivity index (χ0n) is 15.1. The van der Waals surface area contributed by atoms with Crippen LogP contribution in [0.3, 0.4) is 0 Å². The SMILES string of the molecule is CCOC(=O)Cc1ncccc1-c1ccccc1NC(=O)C(C)(C)C. The van der Waals surface area contributed by atoms with Crippen LogP contribution in [-0.4, -0.2) is 23.5 Å². The van der Waals surface area contributed by atoms with Gasteiger partial charge in [-0.05, 0) is 19.1 Å². The fourth-order valence-corrected chi connectivity index (χ4v) is 2.31. The van der Waals surface area contributed by atoms with Gasteiger partial charge in [0.2, 0.25) is 5.91 Å². The standard InChI is InChI=1S/C20H24N2O3/c1-5-25-18(23)13-17-15(10-8-12-21-17)14-9-6-7-11-16(14)22-19(24)20(2,3)4/h6-12H,5,13H2,1-4H3,(H,22,24). The molecule has 1 N–H and O–H groups in total. The Morgan fingerprint density at radius 3 is 2.44 bits per heavy atom. The monoisotopic (exact) mass is 340 g/mol. The van der Waals surface area contributed by atoms with Crippen LogP contribution in [0.15, 0.2) is 42.6 Å². The fourth-order valence-electron chi connectivity index (χ4n) is 2.31. The number of nitrogens with zero attached hydrogens (tertiary/aromatic N) is 1. The highest BCUT2D eigenvalue weighted by molar-refractivity contribution is 5.98. The fraction of sp³-hybridized carbons (Fsp3) is 0.350. The molecule has 25 heavy (non-hydrogen) atoms. The number of rotatable bonds is 5. The van der Waals surface area contributed by atoms with Crippen molar-refractivity contribution in [2.45, 2.75) is 34.1 Å². The molecule has 0 aliphatic rings. The zero-order valence-corrected chi connectivity index (χ0v) is 15.1. The van der Waals surface area contributed by atoms with Crippen molar-refractivity contribution in [3.8, 4) is 11.1 Å². The number of amides is 1. The molecule has 0 saturated carbocycles. The van der Waals surface area contributed by atoms with Gasteiger partial charge in [-0.25, -0.2) is 0 Å². The molecule has 0 bridgehead atoms. The molecule has 1 aromatic heterocycles. The van der Waals surface area contributed by atoms with Crippen molar-refractivity contribution >= 4 is 17.6 Å². The van der Waals surface area contributed by atoms with Gasteiger partial charge in [0.05, 0.1) is 18.7 Å². The summed E-state index contributed by atoms with van der Waals surface area (Å²) in [5.74, 6) is -0.394. The first-order valence-electron chi connectivity index (χ1n) is 8.33. The molecule has 1 heterocycles. The number of aromatic nitrogens is 1. The van der Waals surface area contributed by atoms with Crippen molar-refractivity contribution in [2.24, 2.45) is 5.41 Å². The van der Waals surface area contributed by atoms with Crippen molar-refractivity contribution in [3.05, 3.63) is 48.3 Å². The highest BCUT2D eigenvalue weighted by Crippen LogP contribution is 2.31. The van der Waals surface area contributed by atoms with Gasteiger partial charge < -0.3 is 10.1 Å². The number of benzene rings is 1. The number of carbonyl (C=O) groups excluding carboxylic acids is 2. The Kier molecular flexibility index (Phi) is 5.91. The third-order valence-corrected chi connectivity index (χ3v) is 3.65. The van der Waals surface area contributed by atoms with E-state index in [1.54, 1.807) is 13.1 Å². The van der Waals surface area contributed by atoms with Crippen LogP contribution in [0.4, 0.5) is 5.69 Å². The summed E-state index contributed by atoms with van der Waals surface area (Å²) in [5, 5.41) is 2.97. The molecule has 0 aliphatic carbocycles. The topological polar surface area (TPSA) is 68.3 Å². The van der Waals surface area contributed by atoms with Crippen LogP contribution in [0.25, 0.3) is 11.1 Å². The molecule has 1 amide bonds. The molecule has 132 valence electrons. The summed E-state index contributed by atoms with van der Waals surface area (Å²) in [6.45, 7) is 7.69. The number of pyridine rings is 1. The summed E-state index contributed by atoms with van der Waals surface area (Å²) in [6.07, 6.45) is 1.74. The van der Waals surface area contributed by atoms with Gasteiger partial charge in [-0.1, -0.05) is 45.0 Å². The average Bonchev–Trinajstić information content (AvgIpc) is 2.55. The molecule has 2 rings (SSSR count). The van der Waals surface area contributed by atoms with E-state index in [0.29, 0.717) is 18.0 Å². The minimum Gasteiger partial charge on any atom is -0.466 e. The number of hydrogen-bond acceptors (Lipinski definition) is 4. The molecule has 0 spiro atoms. The Morgan fingerprint density at radius 1 is 1.08 bits per heavy atom. The van der Waals surface area contributed by atoms with E-state index < -0.39 is 5.41 Å². The highest BCUT2D eigenvalue weighted by atomic mass is 16.5. The van der Waals surface area contributed by atoms with Crippen LogP contribution in [0.1, 0.15) is 33.4 Å². The highest BCUT2D eigenvalue weighted by Gasteiger charge is 2.22. The third-order valence-electron chi connectivity index (χ3n) is 3.65. The smallest absolute Gasteiger partial charge is 0.311 e. The maximum atomic E-state index is 12.4. The predicted octanol–water partition coefficient (Wildman–Crippen LogP) is 3.84. The number of ether oxygens (including phenoxy) is 1. The molecule has 0 atom stereocenters. The van der Waals surface area contributed by atoms with Crippen molar-refractivity contribution in [1.29, 1.82) is 0 Å². The lowest BCUT2D eigenvalue weighted by Crippen LogP contribution is -2.27. The van der Waals surface area contributed by atoms with Crippen LogP contribution in [0, 0.1) is 5.41 Å². The second-order valence-electron chi connectivity index (χ2n) is 6.73. The predicted molar refractivity (Wildman–Crippen MR) is 98.1 cm³/mol. The second-order valence-corrected chi connectivity index (χ2v) is 6.73. The second kappa shape index (κ2) is 7.92. The van der Waals surface area contributed by atoms with E-state index in [9.17, 15) is 9.59 Å². The molecule has 5 nitrogen and oxygen atoms in total. The first-order valence-corrected chi connectivity index (χ1v) is 8.33. The summed E-state index contributed by atoms with van der Waals surface area (Å²) in [5.41, 5.74) is 2.45. The van der Waals surface area contributed by atoms with E-state index in [4.69, 9.17) is 4.74 Å². The van der Waals surface area contributed by atoms with Crippen LogP contribution >= 0.6 is 0 Å². The molecule has 5 heteroatoms. The number of para-hydroxylation sites is 1. The summed E-state index contributed by atoms with van der Waals surface area (Å²) < 4.78 is 5.03. The average molecular weight is 340 g/mol. The Hall–Kier alpha value is -2.69. The van der Waals surface area contributed by atoms with Gasteiger partial charge in [0.25, 0.3) is 0 Å². The maximum Gasteiger partial charge on any atom is 0.311 e. The van der Waals surface area contributed by atoms with Crippen molar-refractivity contribution < 1.29 is 14.3 Å². The number of esters is 1. The quantitative estimate of drug-likeness (QED) is 0.840. The van der Waals surface area contributed by atoms with Gasteiger partial charge in [0.15, 0.2) is 0 Å². The van der Waals surface area contributed by atoms with E-state index in [0.717, 1.165) is 11.1 Å². The van der Waals surface area contributed by atoms with Gasteiger partial charge in [-0.2, -0.15) is 0 Å². The lowest BCUT2D eigenvalue weighted by molar-refractivity contribution is -0.142. The van der Waals surface area contributed by atoms with Crippen LogP contribution < -0.4 is 5.32 Å². The first kappa shape index (κ1) is 18.6. The van der Waals surface area contributed by atoms with Crippen molar-refractivity contribution in [2.75, 3.05) is 11.9 Å². The number of nitrogens with one attached hydrogen (secondary N) is 1. The number of anilines is 1. The van der Waals surface area contributed by atoms with E-state index in [1.165, 1.54) is 0 Å². The lowest BCUT2D eigenvalue weighted by Gasteiger charge is -2.20. The molecule has 1 aromatic carbocycles. The molecule has 0 fully saturated rings. The van der Waals surface area contributed by atoms with E-state index in [1.807, 2.05) is 57.2 Å². The Bertz CT molecular complexity index is 764. The molecule has 0 saturated heterocycles. The normalized spacial score (nSPS) is 11.0. The van der Waals surface area contributed by atoms with Crippen molar-refractivity contribution in [1.82, 2.24) is 4.98 Å². The molecule has 2 aromatic rings. The zero-order chi connectivity index (χ0) is 18.4. The molecule has 0 aliphatic heterocycles. The van der Waals surface area contributed by atoms with E-state index in [2.05, 4.69) is 10.3 Å². The van der Waals surface area contributed by atoms with E-state index >= 15 is 0 Å². The molecular weight excluding hydrogens is 316 g/mol. The van der Waals surface area contributed by atoms with Crippen molar-refractivity contribution in [3.63, 3.8) is 0 Å². The maximum absolute atomic E-state index is 12.4. The van der Waals surface area contributed by atoms with Gasteiger partial charge >= 0.3 is 5.97 Å². The minimum absolute atomic E-state index is 0.0733. The lowest BCUT2D eigenvalue weighted by atomic mass is 9.94. The van der Waals surface area contributed by atoms with Gasteiger partial charge in [0, 0.05) is 28.4 Å². The molecule has 0 radical (unpaired) electrons. The molecular formula is C20H24N2O3. The van der Waals surface area contributed by atoms with Crippen LogP contribution in [0.2, 0.25) is 0 Å². The minimum atomic E-state index is -0.504. The largest absolute Gasteiger partial charge is 0.466 e. The van der Waals surface area contributed by atoms with Crippen LogP contribution in [0.5, 0.6) is 0 Å². The van der Waals surface area contributed by atoms with Gasteiger partial charge in [0.1, 0.15) is 0 Å². The summed E-state index contributed by atoms with van der Waals surface area (Å²) in [4.78, 5) is 28.6. The number of hydrogen-bond donors (Lipinski definition) is 1. The number of carbonyl (C=O) groups is 2. The Labute approximate surface area is 148 Å². The third kappa shape index (κ3) is 4.89. The van der Waals surface area contributed by atoms with E-state index in [-0.39, 0.29) is 18.3 Å². The Balaban J connectivity index is 2.40. The summed E-state index contributed by atoms with van der Waals surface area (Å²) in [7, 11) is 0. The first-order chi connectivity index (χ1) is 11.8. The summed E-state index contributed by atoms with van der Waals surface area (Å²) >= 11 is 0.